The molecule has 0 saturated heterocycles. The van der Waals surface area contributed by atoms with Crippen LogP contribution >= 0.6 is 0 Å². The molecule has 0 heterocycles. The number of para-hydroxylation sites is 1. The normalized spacial score (nSPS) is 11.3. The molecule has 0 atom stereocenters. The summed E-state index contributed by atoms with van der Waals surface area (Å²) >= 11 is 0. The largest absolute Gasteiger partial charge is 0.491 e. The summed E-state index contributed by atoms with van der Waals surface area (Å²) in [6.07, 6.45) is 1.56. The van der Waals surface area contributed by atoms with Gasteiger partial charge in [0.25, 0.3) is 0 Å². The van der Waals surface area contributed by atoms with Gasteiger partial charge in [0.1, 0.15) is 5.75 Å². The zero-order valence-corrected chi connectivity index (χ0v) is 12.6. The monoisotopic (exact) mass is 265 g/mol. The minimum atomic E-state index is 0.209. The molecule has 0 bridgehead atoms. The zero-order chi connectivity index (χ0) is 14.1. The molecule has 3 nitrogen and oxygen atoms in total. The molecule has 0 aliphatic rings. The van der Waals surface area contributed by atoms with Crippen LogP contribution in [-0.2, 0) is 11.3 Å². The van der Waals surface area contributed by atoms with Gasteiger partial charge in [0.05, 0.1) is 12.2 Å². The lowest BCUT2D eigenvalue weighted by atomic mass is 10.2. The summed E-state index contributed by atoms with van der Waals surface area (Å²) in [4.78, 5) is 0. The van der Waals surface area contributed by atoms with Gasteiger partial charge in [-0.1, -0.05) is 18.2 Å². The maximum absolute atomic E-state index is 5.79. The second kappa shape index (κ2) is 8.94. The van der Waals surface area contributed by atoms with E-state index in [1.165, 1.54) is 5.56 Å². The van der Waals surface area contributed by atoms with Crippen molar-refractivity contribution in [2.24, 2.45) is 0 Å². The fourth-order valence-electron chi connectivity index (χ4n) is 1.76. The molecule has 3 heteroatoms. The minimum absolute atomic E-state index is 0.209. The minimum Gasteiger partial charge on any atom is -0.491 e. The van der Waals surface area contributed by atoms with E-state index in [4.69, 9.17) is 9.47 Å². The van der Waals surface area contributed by atoms with Crippen LogP contribution in [0.5, 0.6) is 5.75 Å². The Morgan fingerprint density at radius 3 is 2.47 bits per heavy atom. The van der Waals surface area contributed by atoms with E-state index in [0.29, 0.717) is 6.10 Å². The van der Waals surface area contributed by atoms with Crippen LogP contribution in [0.2, 0.25) is 0 Å². The van der Waals surface area contributed by atoms with E-state index in [1.807, 2.05) is 32.0 Å². The van der Waals surface area contributed by atoms with Crippen molar-refractivity contribution in [3.63, 3.8) is 0 Å². The van der Waals surface area contributed by atoms with E-state index in [0.717, 1.165) is 31.9 Å². The predicted molar refractivity (Wildman–Crippen MR) is 79.6 cm³/mol. The Morgan fingerprint density at radius 1 is 1.05 bits per heavy atom. The molecule has 0 radical (unpaired) electrons. The van der Waals surface area contributed by atoms with Crippen molar-refractivity contribution in [2.75, 3.05) is 13.2 Å². The number of benzene rings is 1. The first-order chi connectivity index (χ1) is 9.09. The maximum Gasteiger partial charge on any atom is 0.124 e. The third-order valence-electron chi connectivity index (χ3n) is 2.60. The molecule has 0 amide bonds. The highest BCUT2D eigenvalue weighted by molar-refractivity contribution is 5.33. The Kier molecular flexibility index (Phi) is 7.53. The summed E-state index contributed by atoms with van der Waals surface area (Å²) < 4.78 is 11.3. The van der Waals surface area contributed by atoms with Gasteiger partial charge in [0.15, 0.2) is 0 Å². The highest BCUT2D eigenvalue weighted by Gasteiger charge is 2.04. The number of hydrogen-bond donors (Lipinski definition) is 1. The average Bonchev–Trinajstić information content (AvgIpc) is 2.34. The van der Waals surface area contributed by atoms with Crippen LogP contribution in [0.25, 0.3) is 0 Å². The highest BCUT2D eigenvalue weighted by Crippen LogP contribution is 2.18. The number of rotatable bonds is 9. The van der Waals surface area contributed by atoms with Crippen LogP contribution in [0, 0.1) is 0 Å². The first-order valence-corrected chi connectivity index (χ1v) is 7.16. The van der Waals surface area contributed by atoms with Gasteiger partial charge in [-0.2, -0.15) is 0 Å². The van der Waals surface area contributed by atoms with Crippen molar-refractivity contribution >= 4 is 0 Å². The van der Waals surface area contributed by atoms with Crippen molar-refractivity contribution in [1.29, 1.82) is 0 Å². The van der Waals surface area contributed by atoms with Crippen LogP contribution in [0.3, 0.4) is 0 Å². The summed E-state index contributed by atoms with van der Waals surface area (Å²) in [6.45, 7) is 10.8. The summed E-state index contributed by atoms with van der Waals surface area (Å²) in [7, 11) is 0. The quantitative estimate of drug-likeness (QED) is 0.694. The van der Waals surface area contributed by atoms with E-state index in [-0.39, 0.29) is 6.10 Å². The van der Waals surface area contributed by atoms with Crippen molar-refractivity contribution in [3.05, 3.63) is 29.8 Å². The molecule has 0 aliphatic heterocycles. The molecule has 0 aliphatic carbocycles. The smallest absolute Gasteiger partial charge is 0.124 e. The second-order valence-corrected chi connectivity index (χ2v) is 5.22. The van der Waals surface area contributed by atoms with Crippen LogP contribution < -0.4 is 10.1 Å². The average molecular weight is 265 g/mol. The molecule has 1 N–H and O–H groups in total. The lowest BCUT2D eigenvalue weighted by Gasteiger charge is -2.14. The summed E-state index contributed by atoms with van der Waals surface area (Å²) in [5, 5.41) is 3.43. The molecule has 19 heavy (non-hydrogen) atoms. The Balaban J connectivity index is 2.28. The third kappa shape index (κ3) is 7.19. The topological polar surface area (TPSA) is 30.5 Å². The summed E-state index contributed by atoms with van der Waals surface area (Å²) in [5.41, 5.74) is 1.21. The highest BCUT2D eigenvalue weighted by atomic mass is 16.5. The Bertz CT molecular complexity index is 350. The fraction of sp³-hybridized carbons (Fsp3) is 0.625. The molecule has 1 rings (SSSR count). The molecule has 0 spiro atoms. The molecule has 0 fully saturated rings. The molecule has 108 valence electrons. The summed E-state index contributed by atoms with van der Waals surface area (Å²) in [6, 6.07) is 8.19. The fourth-order valence-corrected chi connectivity index (χ4v) is 1.76. The maximum atomic E-state index is 5.79. The van der Waals surface area contributed by atoms with Crippen molar-refractivity contribution < 1.29 is 9.47 Å². The van der Waals surface area contributed by atoms with E-state index in [9.17, 15) is 0 Å². The molecule has 1 aromatic rings. The van der Waals surface area contributed by atoms with Crippen LogP contribution in [-0.4, -0.2) is 25.4 Å². The molecular formula is C16H27NO2. The van der Waals surface area contributed by atoms with Gasteiger partial charge in [0.2, 0.25) is 0 Å². The van der Waals surface area contributed by atoms with Gasteiger partial charge in [-0.15, -0.1) is 0 Å². The second-order valence-electron chi connectivity index (χ2n) is 5.22. The van der Waals surface area contributed by atoms with Crippen molar-refractivity contribution in [2.45, 2.75) is 52.9 Å². The van der Waals surface area contributed by atoms with E-state index in [2.05, 4.69) is 25.2 Å². The Hall–Kier alpha value is -1.06. The van der Waals surface area contributed by atoms with Crippen molar-refractivity contribution in [3.8, 4) is 5.75 Å². The molecule has 1 aromatic carbocycles. The van der Waals surface area contributed by atoms with E-state index in [1.54, 1.807) is 0 Å². The zero-order valence-electron chi connectivity index (χ0n) is 12.6. The van der Waals surface area contributed by atoms with Crippen LogP contribution in [0.4, 0.5) is 0 Å². The molecule has 0 saturated carbocycles. The predicted octanol–water partition coefficient (Wildman–Crippen LogP) is 3.38. The molecule has 0 unspecified atom stereocenters. The van der Waals surface area contributed by atoms with E-state index < -0.39 is 0 Å². The molecular weight excluding hydrogens is 238 g/mol. The lowest BCUT2D eigenvalue weighted by molar-refractivity contribution is 0.0770. The molecule has 0 aromatic heterocycles. The van der Waals surface area contributed by atoms with Crippen molar-refractivity contribution in [1.82, 2.24) is 5.32 Å². The number of nitrogens with one attached hydrogen (secondary N) is 1. The van der Waals surface area contributed by atoms with Gasteiger partial charge >= 0.3 is 0 Å². The van der Waals surface area contributed by atoms with Crippen LogP contribution in [0.15, 0.2) is 24.3 Å². The van der Waals surface area contributed by atoms with Crippen LogP contribution in [0.1, 0.15) is 39.7 Å². The number of ether oxygens (including phenoxy) is 2. The first kappa shape index (κ1) is 16.0. The standard InChI is InChI=1S/C16H27NO2/c1-13(2)18-11-7-10-17-12-15-8-5-6-9-16(15)19-14(3)4/h5-6,8-9,13-14,17H,7,10-12H2,1-4H3. The third-order valence-corrected chi connectivity index (χ3v) is 2.60. The Labute approximate surface area is 117 Å². The SMILES string of the molecule is CC(C)OCCCNCc1ccccc1OC(C)C. The van der Waals surface area contributed by atoms with Gasteiger partial charge in [-0.05, 0) is 46.7 Å². The summed E-state index contributed by atoms with van der Waals surface area (Å²) in [5.74, 6) is 0.975. The lowest BCUT2D eigenvalue weighted by Crippen LogP contribution is -2.18. The number of hydrogen-bond acceptors (Lipinski definition) is 3. The first-order valence-electron chi connectivity index (χ1n) is 7.16. The van der Waals surface area contributed by atoms with Gasteiger partial charge in [-0.25, -0.2) is 0 Å². The van der Waals surface area contributed by atoms with Gasteiger partial charge in [0, 0.05) is 18.7 Å². The Morgan fingerprint density at radius 2 is 1.79 bits per heavy atom. The van der Waals surface area contributed by atoms with Gasteiger partial charge in [-0.3, -0.25) is 0 Å². The van der Waals surface area contributed by atoms with E-state index >= 15 is 0 Å². The van der Waals surface area contributed by atoms with Gasteiger partial charge < -0.3 is 14.8 Å².